The average molecular weight is 325 g/mol. The number of ether oxygens (including phenoxy) is 2. The molecule has 6 heteroatoms. The summed E-state index contributed by atoms with van der Waals surface area (Å²) >= 11 is 0. The molecule has 0 aliphatic rings. The second-order valence-corrected chi connectivity index (χ2v) is 5.12. The molecule has 0 N–H and O–H groups in total. The van der Waals surface area contributed by atoms with Gasteiger partial charge in [0.15, 0.2) is 0 Å². The van der Waals surface area contributed by atoms with Gasteiger partial charge in [0.05, 0.1) is 18.8 Å². The molecule has 0 atom stereocenters. The van der Waals surface area contributed by atoms with E-state index in [2.05, 4.69) is 15.1 Å². The lowest BCUT2D eigenvalue weighted by molar-refractivity contribution is 0.327. The van der Waals surface area contributed by atoms with Gasteiger partial charge in [0.1, 0.15) is 5.75 Å². The number of nitrogens with zero attached hydrogens (tertiary/aromatic N) is 3. The molecule has 24 heavy (non-hydrogen) atoms. The van der Waals surface area contributed by atoms with E-state index in [1.807, 2.05) is 57.2 Å². The van der Waals surface area contributed by atoms with Gasteiger partial charge in [-0.15, -0.1) is 0 Å². The maximum absolute atomic E-state index is 5.58. The fraction of sp³-hybridized carbons (Fsp3) is 0.278. The van der Waals surface area contributed by atoms with Crippen molar-refractivity contribution in [2.45, 2.75) is 20.8 Å². The van der Waals surface area contributed by atoms with Crippen molar-refractivity contribution in [3.05, 3.63) is 42.1 Å². The highest BCUT2D eigenvalue weighted by Crippen LogP contribution is 2.29. The van der Waals surface area contributed by atoms with Crippen LogP contribution in [-0.4, -0.2) is 28.3 Å². The predicted molar refractivity (Wildman–Crippen MR) is 90.0 cm³/mol. The standard InChI is InChI=1S/C18H19N3O3/c1-4-22-14-9-7-13(8-10-14)17-20-16(21-24-17)15-11-6-12(3)19-18(15)23-5-2/h6-11H,4-5H2,1-3H3. The molecular formula is C18H19N3O3. The molecule has 3 aromatic rings. The first-order valence-corrected chi connectivity index (χ1v) is 7.89. The lowest BCUT2D eigenvalue weighted by Crippen LogP contribution is -1.98. The van der Waals surface area contributed by atoms with E-state index in [9.17, 15) is 0 Å². The largest absolute Gasteiger partial charge is 0.494 e. The average Bonchev–Trinajstić information content (AvgIpc) is 3.06. The first kappa shape index (κ1) is 16.0. The fourth-order valence-corrected chi connectivity index (χ4v) is 2.26. The van der Waals surface area contributed by atoms with Gasteiger partial charge in [0, 0.05) is 11.3 Å². The smallest absolute Gasteiger partial charge is 0.258 e. The third-order valence-corrected chi connectivity index (χ3v) is 3.36. The van der Waals surface area contributed by atoms with Crippen molar-refractivity contribution in [2.24, 2.45) is 0 Å². The number of hydrogen-bond acceptors (Lipinski definition) is 6. The number of benzene rings is 1. The summed E-state index contributed by atoms with van der Waals surface area (Å²) in [5, 5.41) is 4.06. The number of rotatable bonds is 6. The van der Waals surface area contributed by atoms with Gasteiger partial charge in [0.25, 0.3) is 5.89 Å². The van der Waals surface area contributed by atoms with Gasteiger partial charge >= 0.3 is 0 Å². The van der Waals surface area contributed by atoms with Crippen LogP contribution < -0.4 is 9.47 Å². The van der Waals surface area contributed by atoms with E-state index < -0.39 is 0 Å². The summed E-state index contributed by atoms with van der Waals surface area (Å²) in [6.45, 7) is 6.92. The minimum absolute atomic E-state index is 0.441. The summed E-state index contributed by atoms with van der Waals surface area (Å²) in [4.78, 5) is 8.85. The topological polar surface area (TPSA) is 70.3 Å². The summed E-state index contributed by atoms with van der Waals surface area (Å²) in [6.07, 6.45) is 0. The Balaban J connectivity index is 1.90. The normalized spacial score (nSPS) is 10.6. The summed E-state index contributed by atoms with van der Waals surface area (Å²) in [5.74, 6) is 2.21. The molecule has 0 radical (unpaired) electrons. The van der Waals surface area contributed by atoms with E-state index in [1.54, 1.807) is 0 Å². The molecule has 3 rings (SSSR count). The summed E-state index contributed by atoms with van der Waals surface area (Å²) < 4.78 is 16.4. The van der Waals surface area contributed by atoms with Crippen LogP contribution in [0.3, 0.4) is 0 Å². The molecule has 2 heterocycles. The molecule has 0 bridgehead atoms. The third kappa shape index (κ3) is 3.37. The Kier molecular flexibility index (Phi) is 4.74. The highest BCUT2D eigenvalue weighted by molar-refractivity contribution is 5.64. The van der Waals surface area contributed by atoms with Crippen molar-refractivity contribution in [1.82, 2.24) is 15.1 Å². The van der Waals surface area contributed by atoms with Gasteiger partial charge in [-0.25, -0.2) is 4.98 Å². The molecule has 0 saturated carbocycles. The van der Waals surface area contributed by atoms with E-state index >= 15 is 0 Å². The van der Waals surface area contributed by atoms with Crippen molar-refractivity contribution >= 4 is 0 Å². The van der Waals surface area contributed by atoms with E-state index in [-0.39, 0.29) is 0 Å². The molecule has 0 fully saturated rings. The maximum atomic E-state index is 5.58. The zero-order valence-corrected chi connectivity index (χ0v) is 13.9. The van der Waals surface area contributed by atoms with Gasteiger partial charge < -0.3 is 14.0 Å². The second-order valence-electron chi connectivity index (χ2n) is 5.12. The van der Waals surface area contributed by atoms with Gasteiger partial charge in [-0.3, -0.25) is 0 Å². The van der Waals surface area contributed by atoms with Gasteiger partial charge in [0.2, 0.25) is 11.7 Å². The first-order valence-electron chi connectivity index (χ1n) is 7.89. The molecular weight excluding hydrogens is 306 g/mol. The number of pyridine rings is 1. The first-order chi connectivity index (χ1) is 11.7. The van der Waals surface area contributed by atoms with Crippen LogP contribution in [0.4, 0.5) is 0 Å². The molecule has 1 aromatic carbocycles. The SMILES string of the molecule is CCOc1ccc(-c2nc(-c3ccc(C)nc3OCC)no2)cc1. The van der Waals surface area contributed by atoms with Crippen molar-refractivity contribution in [1.29, 1.82) is 0 Å². The van der Waals surface area contributed by atoms with Crippen LogP contribution in [0.2, 0.25) is 0 Å². The summed E-state index contributed by atoms with van der Waals surface area (Å²) in [6, 6.07) is 11.3. The quantitative estimate of drug-likeness (QED) is 0.684. The van der Waals surface area contributed by atoms with Crippen molar-refractivity contribution < 1.29 is 14.0 Å². The van der Waals surface area contributed by atoms with E-state index in [1.165, 1.54) is 0 Å². The maximum Gasteiger partial charge on any atom is 0.258 e. The Morgan fingerprint density at radius 3 is 2.38 bits per heavy atom. The number of aromatic nitrogens is 3. The van der Waals surface area contributed by atoms with E-state index in [4.69, 9.17) is 14.0 Å². The van der Waals surface area contributed by atoms with Crippen LogP contribution in [0.5, 0.6) is 11.6 Å². The monoisotopic (exact) mass is 325 g/mol. The highest BCUT2D eigenvalue weighted by Gasteiger charge is 2.16. The van der Waals surface area contributed by atoms with E-state index in [0.29, 0.717) is 36.4 Å². The van der Waals surface area contributed by atoms with Crippen LogP contribution in [0, 0.1) is 6.92 Å². The summed E-state index contributed by atoms with van der Waals surface area (Å²) in [5.41, 5.74) is 2.41. The third-order valence-electron chi connectivity index (χ3n) is 3.36. The Morgan fingerprint density at radius 2 is 1.67 bits per heavy atom. The van der Waals surface area contributed by atoms with E-state index in [0.717, 1.165) is 17.0 Å². The molecule has 0 aliphatic heterocycles. The van der Waals surface area contributed by atoms with Crippen LogP contribution in [0.1, 0.15) is 19.5 Å². The van der Waals surface area contributed by atoms with Crippen LogP contribution in [-0.2, 0) is 0 Å². The number of aryl methyl sites for hydroxylation is 1. The zero-order valence-electron chi connectivity index (χ0n) is 13.9. The minimum Gasteiger partial charge on any atom is -0.494 e. The Hall–Kier alpha value is -2.89. The molecule has 124 valence electrons. The van der Waals surface area contributed by atoms with Crippen molar-refractivity contribution in [3.63, 3.8) is 0 Å². The van der Waals surface area contributed by atoms with Crippen LogP contribution >= 0.6 is 0 Å². The molecule has 0 spiro atoms. The fourth-order valence-electron chi connectivity index (χ4n) is 2.26. The molecule has 2 aromatic heterocycles. The van der Waals surface area contributed by atoms with Gasteiger partial charge in [-0.05, 0) is 57.2 Å². The van der Waals surface area contributed by atoms with Crippen molar-refractivity contribution in [3.8, 4) is 34.5 Å². The van der Waals surface area contributed by atoms with Crippen LogP contribution in [0.25, 0.3) is 22.8 Å². The van der Waals surface area contributed by atoms with Gasteiger partial charge in [-0.1, -0.05) is 5.16 Å². The zero-order chi connectivity index (χ0) is 16.9. The molecule has 6 nitrogen and oxygen atoms in total. The Bertz CT molecular complexity index is 813. The lowest BCUT2D eigenvalue weighted by Gasteiger charge is -2.06. The summed E-state index contributed by atoms with van der Waals surface area (Å²) in [7, 11) is 0. The minimum atomic E-state index is 0.441. The highest BCUT2D eigenvalue weighted by atomic mass is 16.5. The van der Waals surface area contributed by atoms with Crippen LogP contribution in [0.15, 0.2) is 40.9 Å². The molecule has 0 aliphatic carbocycles. The number of hydrogen-bond donors (Lipinski definition) is 0. The lowest BCUT2D eigenvalue weighted by atomic mass is 10.2. The molecule has 0 unspecified atom stereocenters. The Morgan fingerprint density at radius 1 is 0.917 bits per heavy atom. The second kappa shape index (κ2) is 7.12. The van der Waals surface area contributed by atoms with Gasteiger partial charge in [-0.2, -0.15) is 4.98 Å². The predicted octanol–water partition coefficient (Wildman–Crippen LogP) is 3.90. The van der Waals surface area contributed by atoms with Crippen molar-refractivity contribution in [2.75, 3.05) is 13.2 Å². The Labute approximate surface area is 140 Å². The molecule has 0 saturated heterocycles. The molecule has 0 amide bonds.